The molecule has 0 radical (unpaired) electrons. The van der Waals surface area contributed by atoms with Gasteiger partial charge in [0.2, 0.25) is 5.91 Å². The fourth-order valence-electron chi connectivity index (χ4n) is 3.11. The predicted molar refractivity (Wildman–Crippen MR) is 96.9 cm³/mol. The summed E-state index contributed by atoms with van der Waals surface area (Å²) >= 11 is 5.92. The van der Waals surface area contributed by atoms with E-state index in [1.807, 2.05) is 12.1 Å². The molecule has 4 N–H and O–H groups in total. The largest absolute Gasteiger partial charge is 0.396 e. The van der Waals surface area contributed by atoms with Gasteiger partial charge in [0, 0.05) is 30.8 Å². The number of carbonyl (C=O) groups is 1. The number of halogens is 1. The molecule has 1 amide bonds. The van der Waals surface area contributed by atoms with Crippen molar-refractivity contribution in [2.75, 3.05) is 19.7 Å². The summed E-state index contributed by atoms with van der Waals surface area (Å²) in [6.45, 7) is 5.95. The first-order chi connectivity index (χ1) is 11.4. The van der Waals surface area contributed by atoms with E-state index in [9.17, 15) is 9.90 Å². The zero-order valence-electron chi connectivity index (χ0n) is 14.5. The van der Waals surface area contributed by atoms with Gasteiger partial charge in [-0.3, -0.25) is 4.79 Å². The van der Waals surface area contributed by atoms with Crippen molar-refractivity contribution >= 4 is 17.5 Å². The van der Waals surface area contributed by atoms with E-state index in [2.05, 4.69) is 24.1 Å². The molecule has 0 bridgehead atoms. The SMILES string of the molecule is CC(C)N1CCC(N)(C(=O)N[C@H](CCO)c2ccc(Cl)cc2)CC1. The third-order valence-corrected chi connectivity index (χ3v) is 5.12. The Kier molecular flexibility index (Phi) is 6.63. The number of rotatable bonds is 6. The second-order valence-corrected chi connectivity index (χ2v) is 7.31. The Morgan fingerprint density at radius 2 is 1.92 bits per heavy atom. The number of hydrogen-bond acceptors (Lipinski definition) is 4. The van der Waals surface area contributed by atoms with Gasteiger partial charge in [-0.15, -0.1) is 0 Å². The number of hydrogen-bond donors (Lipinski definition) is 3. The van der Waals surface area contributed by atoms with Crippen LogP contribution in [-0.2, 0) is 4.79 Å². The fourth-order valence-corrected chi connectivity index (χ4v) is 3.24. The van der Waals surface area contributed by atoms with Gasteiger partial charge in [-0.2, -0.15) is 0 Å². The van der Waals surface area contributed by atoms with Gasteiger partial charge >= 0.3 is 0 Å². The molecule has 0 spiro atoms. The average molecular weight is 354 g/mol. The molecule has 2 rings (SSSR count). The fraction of sp³-hybridized carbons (Fsp3) is 0.611. The van der Waals surface area contributed by atoms with Crippen molar-refractivity contribution in [3.63, 3.8) is 0 Å². The summed E-state index contributed by atoms with van der Waals surface area (Å²) in [5, 5.41) is 13.0. The van der Waals surface area contributed by atoms with E-state index in [1.165, 1.54) is 0 Å². The van der Waals surface area contributed by atoms with E-state index in [4.69, 9.17) is 17.3 Å². The molecular weight excluding hydrogens is 326 g/mol. The molecular formula is C18H28ClN3O2. The molecule has 0 aromatic heterocycles. The molecule has 0 aliphatic carbocycles. The second kappa shape index (κ2) is 8.30. The highest BCUT2D eigenvalue weighted by atomic mass is 35.5. The number of nitrogens with two attached hydrogens (primary N) is 1. The first kappa shape index (κ1) is 19.2. The van der Waals surface area contributed by atoms with Crippen LogP contribution in [0.5, 0.6) is 0 Å². The quantitative estimate of drug-likeness (QED) is 0.731. The minimum Gasteiger partial charge on any atom is -0.396 e. The van der Waals surface area contributed by atoms with Crippen molar-refractivity contribution in [1.29, 1.82) is 0 Å². The molecule has 1 aromatic carbocycles. The van der Waals surface area contributed by atoms with Crippen molar-refractivity contribution in [2.45, 2.75) is 50.7 Å². The second-order valence-electron chi connectivity index (χ2n) is 6.88. The number of benzene rings is 1. The molecule has 1 aliphatic rings. The van der Waals surface area contributed by atoms with Crippen LogP contribution >= 0.6 is 11.6 Å². The van der Waals surface area contributed by atoms with Gasteiger partial charge in [-0.05, 0) is 50.8 Å². The number of amides is 1. The maximum Gasteiger partial charge on any atom is 0.240 e. The number of nitrogens with zero attached hydrogens (tertiary/aromatic N) is 1. The minimum atomic E-state index is -0.842. The lowest BCUT2D eigenvalue weighted by molar-refractivity contribution is -0.129. The van der Waals surface area contributed by atoms with Crippen LogP contribution in [0.4, 0.5) is 0 Å². The van der Waals surface area contributed by atoms with Gasteiger partial charge in [0.1, 0.15) is 0 Å². The van der Waals surface area contributed by atoms with Crippen LogP contribution in [0, 0.1) is 0 Å². The van der Waals surface area contributed by atoms with E-state index in [0.29, 0.717) is 30.3 Å². The van der Waals surface area contributed by atoms with Crippen molar-refractivity contribution in [3.8, 4) is 0 Å². The Morgan fingerprint density at radius 3 is 2.42 bits per heavy atom. The number of carbonyl (C=O) groups excluding carboxylic acids is 1. The number of nitrogens with one attached hydrogen (secondary N) is 1. The van der Waals surface area contributed by atoms with Gasteiger partial charge in [0.05, 0.1) is 11.6 Å². The van der Waals surface area contributed by atoms with Gasteiger partial charge in [-0.25, -0.2) is 0 Å². The molecule has 6 heteroatoms. The monoisotopic (exact) mass is 353 g/mol. The van der Waals surface area contributed by atoms with Crippen LogP contribution in [0.15, 0.2) is 24.3 Å². The summed E-state index contributed by atoms with van der Waals surface area (Å²) in [7, 11) is 0. The molecule has 0 saturated carbocycles. The summed E-state index contributed by atoms with van der Waals surface area (Å²) in [6, 6.07) is 7.51. The maximum atomic E-state index is 12.8. The highest BCUT2D eigenvalue weighted by molar-refractivity contribution is 6.30. The summed E-state index contributed by atoms with van der Waals surface area (Å²) in [5.41, 5.74) is 6.47. The van der Waals surface area contributed by atoms with Gasteiger partial charge in [-0.1, -0.05) is 23.7 Å². The zero-order chi connectivity index (χ0) is 17.7. The topological polar surface area (TPSA) is 78.6 Å². The van der Waals surface area contributed by atoms with Crippen molar-refractivity contribution in [2.24, 2.45) is 5.73 Å². The van der Waals surface area contributed by atoms with E-state index in [1.54, 1.807) is 12.1 Å². The summed E-state index contributed by atoms with van der Waals surface area (Å²) < 4.78 is 0. The van der Waals surface area contributed by atoms with Crippen LogP contribution in [0.25, 0.3) is 0 Å². The van der Waals surface area contributed by atoms with Crippen LogP contribution in [0.3, 0.4) is 0 Å². The van der Waals surface area contributed by atoms with E-state index in [0.717, 1.165) is 18.7 Å². The molecule has 1 aromatic rings. The van der Waals surface area contributed by atoms with Crippen LogP contribution in [0.1, 0.15) is 44.7 Å². The number of aliphatic hydroxyl groups excluding tert-OH is 1. The molecule has 1 aliphatic heterocycles. The molecule has 1 fully saturated rings. The molecule has 5 nitrogen and oxygen atoms in total. The summed E-state index contributed by atoms with van der Waals surface area (Å²) in [4.78, 5) is 15.1. The normalized spacial score (nSPS) is 19.2. The van der Waals surface area contributed by atoms with E-state index >= 15 is 0 Å². The number of aliphatic hydroxyl groups is 1. The maximum absolute atomic E-state index is 12.8. The highest BCUT2D eigenvalue weighted by Gasteiger charge is 2.38. The van der Waals surface area contributed by atoms with Crippen molar-refractivity contribution < 1.29 is 9.90 Å². The summed E-state index contributed by atoms with van der Waals surface area (Å²) in [6.07, 6.45) is 1.73. The average Bonchev–Trinajstić information content (AvgIpc) is 2.55. The van der Waals surface area contributed by atoms with E-state index < -0.39 is 5.54 Å². The molecule has 24 heavy (non-hydrogen) atoms. The lowest BCUT2D eigenvalue weighted by Crippen LogP contribution is -2.60. The minimum absolute atomic E-state index is 0.00767. The predicted octanol–water partition coefficient (Wildman–Crippen LogP) is 2.08. The zero-order valence-corrected chi connectivity index (χ0v) is 15.2. The third-order valence-electron chi connectivity index (χ3n) is 4.87. The Balaban J connectivity index is 2.03. The molecule has 0 unspecified atom stereocenters. The lowest BCUT2D eigenvalue weighted by Gasteiger charge is -2.40. The van der Waals surface area contributed by atoms with Gasteiger partial charge in [0.15, 0.2) is 0 Å². The molecule has 1 atom stereocenters. The summed E-state index contributed by atoms with van der Waals surface area (Å²) in [5.74, 6) is -0.140. The highest BCUT2D eigenvalue weighted by Crippen LogP contribution is 2.24. The smallest absolute Gasteiger partial charge is 0.240 e. The van der Waals surface area contributed by atoms with Crippen molar-refractivity contribution in [3.05, 3.63) is 34.9 Å². The standard InChI is InChI=1S/C18H28ClN3O2/c1-13(2)22-10-8-18(20,9-11-22)17(24)21-16(7-12-23)14-3-5-15(19)6-4-14/h3-6,13,16,23H,7-12,20H2,1-2H3,(H,21,24)/t16-/m1/s1. The van der Waals surface area contributed by atoms with E-state index in [-0.39, 0.29) is 18.6 Å². The van der Waals surface area contributed by atoms with Gasteiger partial charge < -0.3 is 21.1 Å². The Labute approximate surface area is 149 Å². The first-order valence-electron chi connectivity index (χ1n) is 8.56. The Hall–Kier alpha value is -1.14. The molecule has 1 heterocycles. The van der Waals surface area contributed by atoms with Crippen LogP contribution in [0.2, 0.25) is 5.02 Å². The number of likely N-dealkylation sites (tertiary alicyclic amines) is 1. The van der Waals surface area contributed by atoms with Gasteiger partial charge in [0.25, 0.3) is 0 Å². The van der Waals surface area contributed by atoms with Crippen molar-refractivity contribution in [1.82, 2.24) is 10.2 Å². The molecule has 134 valence electrons. The Morgan fingerprint density at radius 1 is 1.33 bits per heavy atom. The number of piperidine rings is 1. The third kappa shape index (κ3) is 4.70. The Bertz CT molecular complexity index is 540. The molecule has 1 saturated heterocycles. The first-order valence-corrected chi connectivity index (χ1v) is 8.94. The lowest BCUT2D eigenvalue weighted by atomic mass is 9.86. The van der Waals surface area contributed by atoms with Crippen LogP contribution < -0.4 is 11.1 Å². The van der Waals surface area contributed by atoms with Crippen LogP contribution in [-0.4, -0.2) is 47.2 Å².